The van der Waals surface area contributed by atoms with Crippen LogP contribution in [-0.4, -0.2) is 26.6 Å². The highest BCUT2D eigenvalue weighted by Gasteiger charge is 2.17. The van der Waals surface area contributed by atoms with E-state index in [0.717, 1.165) is 17.1 Å². The minimum Gasteiger partial charge on any atom is -0.497 e. The van der Waals surface area contributed by atoms with Crippen molar-refractivity contribution in [3.8, 4) is 17.2 Å². The summed E-state index contributed by atoms with van der Waals surface area (Å²) in [5.41, 5.74) is 0.522. The van der Waals surface area contributed by atoms with Gasteiger partial charge < -0.3 is 14.2 Å². The van der Waals surface area contributed by atoms with E-state index in [0.29, 0.717) is 27.3 Å². The number of hydrogen-bond acceptors (Lipinski definition) is 4. The van der Waals surface area contributed by atoms with Crippen LogP contribution in [0.15, 0.2) is 22.7 Å². The zero-order valence-electron chi connectivity index (χ0n) is 12.4. The van der Waals surface area contributed by atoms with E-state index in [2.05, 4.69) is 15.9 Å². The molecule has 2 aromatic carbocycles. The van der Waals surface area contributed by atoms with Gasteiger partial charge in [-0.2, -0.15) is 0 Å². The molecule has 0 N–H and O–H groups in total. The summed E-state index contributed by atoms with van der Waals surface area (Å²) in [4.78, 5) is 11.3. The summed E-state index contributed by atoms with van der Waals surface area (Å²) in [6, 6.07) is 5.36. The van der Waals surface area contributed by atoms with E-state index in [1.807, 2.05) is 19.9 Å². The lowest BCUT2D eigenvalue weighted by Crippen LogP contribution is -2.07. The van der Waals surface area contributed by atoms with E-state index in [4.69, 9.17) is 14.2 Å². The molecule has 0 amide bonds. The minimum absolute atomic E-state index is 0.0133. The Bertz CT molecular complexity index is 680. The fourth-order valence-electron chi connectivity index (χ4n) is 2.16. The van der Waals surface area contributed by atoms with Crippen LogP contribution < -0.4 is 14.2 Å². The normalized spacial score (nSPS) is 10.8. The quantitative estimate of drug-likeness (QED) is 0.755. The lowest BCUT2D eigenvalue weighted by molar-refractivity contribution is 0.112. The van der Waals surface area contributed by atoms with Gasteiger partial charge >= 0.3 is 0 Å². The molecule has 0 aliphatic heterocycles. The van der Waals surface area contributed by atoms with Crippen LogP contribution in [0.3, 0.4) is 0 Å². The zero-order valence-corrected chi connectivity index (χ0v) is 14.0. The maximum Gasteiger partial charge on any atom is 0.151 e. The predicted molar refractivity (Wildman–Crippen MR) is 85.9 cm³/mol. The van der Waals surface area contributed by atoms with E-state index < -0.39 is 0 Å². The third-order valence-electron chi connectivity index (χ3n) is 3.04. The number of hydrogen-bond donors (Lipinski definition) is 0. The van der Waals surface area contributed by atoms with E-state index >= 15 is 0 Å². The average Bonchev–Trinajstić information content (AvgIpc) is 2.48. The van der Waals surface area contributed by atoms with Gasteiger partial charge in [-0.05, 0) is 41.9 Å². The van der Waals surface area contributed by atoms with Crippen LogP contribution in [0.1, 0.15) is 24.2 Å². The highest BCUT2D eigenvalue weighted by atomic mass is 79.9. The number of rotatable bonds is 5. The van der Waals surface area contributed by atoms with Crippen molar-refractivity contribution >= 4 is 33.0 Å². The molecule has 4 nitrogen and oxygen atoms in total. The van der Waals surface area contributed by atoms with Crippen molar-refractivity contribution in [3.05, 3.63) is 28.2 Å². The summed E-state index contributed by atoms with van der Waals surface area (Å²) in [6.07, 6.45) is 0.781. The third kappa shape index (κ3) is 2.97. The standard InChI is InChI=1S/C16H17BrO4/c1-9(2)21-14-5-10(8-18)16(17)12-6-11(19-3)7-13(20-4)15(12)14/h5-9H,1-4H3. The van der Waals surface area contributed by atoms with Crippen LogP contribution in [0.2, 0.25) is 0 Å². The number of aldehydes is 1. The van der Waals surface area contributed by atoms with Crippen LogP contribution in [0.5, 0.6) is 17.2 Å². The highest BCUT2D eigenvalue weighted by molar-refractivity contribution is 9.10. The maximum absolute atomic E-state index is 11.3. The molecule has 2 aromatic rings. The number of carbonyl (C=O) groups excluding carboxylic acids is 1. The first kappa shape index (κ1) is 15.6. The Morgan fingerprint density at radius 1 is 1.10 bits per heavy atom. The Hall–Kier alpha value is -1.75. The average molecular weight is 353 g/mol. The van der Waals surface area contributed by atoms with Gasteiger partial charge in [-0.25, -0.2) is 0 Å². The molecule has 0 heterocycles. The Morgan fingerprint density at radius 3 is 2.33 bits per heavy atom. The van der Waals surface area contributed by atoms with Gasteiger partial charge in [0, 0.05) is 21.5 Å². The molecule has 2 rings (SSSR count). The largest absolute Gasteiger partial charge is 0.497 e. The van der Waals surface area contributed by atoms with Crippen LogP contribution in [0.4, 0.5) is 0 Å². The molecular weight excluding hydrogens is 336 g/mol. The molecule has 0 atom stereocenters. The number of fused-ring (bicyclic) bond motifs is 1. The molecule has 0 saturated carbocycles. The van der Waals surface area contributed by atoms with E-state index in [1.165, 1.54) is 0 Å². The van der Waals surface area contributed by atoms with Crippen LogP contribution in [0, 0.1) is 0 Å². The molecule has 0 aromatic heterocycles. The smallest absolute Gasteiger partial charge is 0.151 e. The Labute approximate surface area is 132 Å². The van der Waals surface area contributed by atoms with Crippen molar-refractivity contribution < 1.29 is 19.0 Å². The van der Waals surface area contributed by atoms with Crippen LogP contribution in [-0.2, 0) is 0 Å². The first-order valence-electron chi connectivity index (χ1n) is 6.51. The first-order valence-corrected chi connectivity index (χ1v) is 7.31. The molecule has 0 radical (unpaired) electrons. The summed E-state index contributed by atoms with van der Waals surface area (Å²) in [7, 11) is 3.18. The van der Waals surface area contributed by atoms with Crippen molar-refractivity contribution in [1.82, 2.24) is 0 Å². The van der Waals surface area contributed by atoms with Crippen molar-refractivity contribution in [2.75, 3.05) is 14.2 Å². The fourth-order valence-corrected chi connectivity index (χ4v) is 2.68. The molecule has 21 heavy (non-hydrogen) atoms. The van der Waals surface area contributed by atoms with Gasteiger partial charge in [0.05, 0.1) is 25.7 Å². The van der Waals surface area contributed by atoms with Gasteiger partial charge in [0.15, 0.2) is 6.29 Å². The van der Waals surface area contributed by atoms with Crippen LogP contribution in [0.25, 0.3) is 10.8 Å². The number of halogens is 1. The molecule has 0 aliphatic carbocycles. The van der Waals surface area contributed by atoms with E-state index in [9.17, 15) is 4.79 Å². The number of methoxy groups -OCH3 is 2. The van der Waals surface area contributed by atoms with Crippen LogP contribution >= 0.6 is 15.9 Å². The van der Waals surface area contributed by atoms with Gasteiger partial charge in [0.2, 0.25) is 0 Å². The molecule has 0 aliphatic rings. The first-order chi connectivity index (χ1) is 10.0. The third-order valence-corrected chi connectivity index (χ3v) is 3.93. The molecule has 112 valence electrons. The molecule has 5 heteroatoms. The molecule has 0 fully saturated rings. The maximum atomic E-state index is 11.3. The van der Waals surface area contributed by atoms with Gasteiger partial charge in [-0.3, -0.25) is 4.79 Å². The van der Waals surface area contributed by atoms with Crippen molar-refractivity contribution in [3.63, 3.8) is 0 Å². The van der Waals surface area contributed by atoms with E-state index in [-0.39, 0.29) is 6.10 Å². The minimum atomic E-state index is -0.0133. The highest BCUT2D eigenvalue weighted by Crippen LogP contribution is 2.42. The van der Waals surface area contributed by atoms with Gasteiger partial charge in [-0.1, -0.05) is 0 Å². The summed E-state index contributed by atoms with van der Waals surface area (Å²) in [5, 5.41) is 1.62. The Kier molecular flexibility index (Phi) is 4.73. The number of benzene rings is 2. The molecular formula is C16H17BrO4. The monoisotopic (exact) mass is 352 g/mol. The second-order valence-corrected chi connectivity index (χ2v) is 5.61. The molecule has 0 unspecified atom stereocenters. The second kappa shape index (κ2) is 6.35. The Morgan fingerprint density at radius 2 is 1.81 bits per heavy atom. The molecule has 0 bridgehead atoms. The van der Waals surface area contributed by atoms with Crippen molar-refractivity contribution in [2.24, 2.45) is 0 Å². The Balaban J connectivity index is 2.88. The van der Waals surface area contributed by atoms with Gasteiger partial charge in [0.1, 0.15) is 17.2 Å². The lowest BCUT2D eigenvalue weighted by atomic mass is 10.0. The second-order valence-electron chi connectivity index (χ2n) is 4.81. The topological polar surface area (TPSA) is 44.8 Å². The summed E-state index contributed by atoms with van der Waals surface area (Å²) >= 11 is 3.47. The van der Waals surface area contributed by atoms with Crippen molar-refractivity contribution in [2.45, 2.75) is 20.0 Å². The van der Waals surface area contributed by atoms with Gasteiger partial charge in [0.25, 0.3) is 0 Å². The number of carbonyl (C=O) groups is 1. The number of ether oxygens (including phenoxy) is 3. The predicted octanol–water partition coefficient (Wildman–Crippen LogP) is 4.22. The van der Waals surface area contributed by atoms with Gasteiger partial charge in [-0.15, -0.1) is 0 Å². The molecule has 0 saturated heterocycles. The summed E-state index contributed by atoms with van der Waals surface area (Å²) < 4.78 is 17.3. The van der Waals surface area contributed by atoms with E-state index in [1.54, 1.807) is 26.4 Å². The summed E-state index contributed by atoms with van der Waals surface area (Å²) in [5.74, 6) is 1.90. The summed E-state index contributed by atoms with van der Waals surface area (Å²) in [6.45, 7) is 3.87. The van der Waals surface area contributed by atoms with Crippen molar-refractivity contribution in [1.29, 1.82) is 0 Å². The zero-order chi connectivity index (χ0) is 15.6. The fraction of sp³-hybridized carbons (Fsp3) is 0.312. The lowest BCUT2D eigenvalue weighted by Gasteiger charge is -2.17. The molecule has 0 spiro atoms. The SMILES string of the molecule is COc1cc(OC)c2c(OC(C)C)cc(C=O)c(Br)c2c1.